The summed E-state index contributed by atoms with van der Waals surface area (Å²) in [6.07, 6.45) is 17.6. The smallest absolute Gasteiger partial charge is 0.0269 e. The lowest BCUT2D eigenvalue weighted by molar-refractivity contribution is 0.0982. The quantitative estimate of drug-likeness (QED) is 0.277. The van der Waals surface area contributed by atoms with Gasteiger partial charge in [0.05, 0.1) is 0 Å². The molecule has 2 aliphatic carbocycles. The molecule has 0 heterocycles. The molecule has 2 aliphatic rings. The van der Waals surface area contributed by atoms with Gasteiger partial charge < -0.3 is 0 Å². The van der Waals surface area contributed by atoms with Crippen LogP contribution in [0.1, 0.15) is 132 Å². The Labute approximate surface area is 179 Å². The predicted octanol–water partition coefficient (Wildman–Crippen LogP) is 9.52. The van der Waals surface area contributed by atoms with E-state index in [1.165, 1.54) is 77.0 Å². The van der Waals surface area contributed by atoms with Crippen molar-refractivity contribution in [2.75, 3.05) is 0 Å². The highest BCUT2D eigenvalue weighted by Crippen LogP contribution is 2.60. The first-order valence-electron chi connectivity index (χ1n) is 13.2. The summed E-state index contributed by atoms with van der Waals surface area (Å²) in [5.74, 6) is 5.84. The molecular weight excluding hydrogens is 336 g/mol. The SMILES string of the molecule is CCC1CCC1CCC(CC(CCC(C)C)CC1(CC)CC1C)C(C)(C)CC. The molecule has 0 N–H and O–H groups in total. The van der Waals surface area contributed by atoms with Gasteiger partial charge in [-0.05, 0) is 91.3 Å². The highest BCUT2D eigenvalue weighted by molar-refractivity contribution is 5.00. The van der Waals surface area contributed by atoms with E-state index in [0.717, 1.165) is 35.5 Å². The maximum absolute atomic E-state index is 2.57. The van der Waals surface area contributed by atoms with Crippen molar-refractivity contribution in [1.29, 1.82) is 0 Å². The molecule has 0 bridgehead atoms. The molecule has 2 rings (SSSR count). The van der Waals surface area contributed by atoms with Crippen LogP contribution in [0.2, 0.25) is 0 Å². The van der Waals surface area contributed by atoms with Crippen LogP contribution < -0.4 is 0 Å². The molecule has 0 radical (unpaired) electrons. The van der Waals surface area contributed by atoms with Crippen LogP contribution in [0.4, 0.5) is 0 Å². The molecule has 0 aliphatic heterocycles. The lowest BCUT2D eigenvalue weighted by Crippen LogP contribution is -2.30. The van der Waals surface area contributed by atoms with Gasteiger partial charge >= 0.3 is 0 Å². The Morgan fingerprint density at radius 2 is 1.61 bits per heavy atom. The van der Waals surface area contributed by atoms with E-state index in [9.17, 15) is 0 Å². The van der Waals surface area contributed by atoms with Crippen LogP contribution in [0.5, 0.6) is 0 Å². The van der Waals surface area contributed by atoms with E-state index in [4.69, 9.17) is 0 Å². The van der Waals surface area contributed by atoms with Gasteiger partial charge in [-0.25, -0.2) is 0 Å². The van der Waals surface area contributed by atoms with Crippen molar-refractivity contribution < 1.29 is 0 Å². The highest BCUT2D eigenvalue weighted by atomic mass is 14.5. The average molecular weight is 391 g/mol. The number of hydrogen-bond donors (Lipinski definition) is 0. The second-order valence-corrected chi connectivity index (χ2v) is 12.2. The monoisotopic (exact) mass is 390 g/mol. The minimum Gasteiger partial charge on any atom is -0.0651 e. The zero-order chi connectivity index (χ0) is 20.9. The molecule has 6 atom stereocenters. The van der Waals surface area contributed by atoms with Crippen molar-refractivity contribution in [3.8, 4) is 0 Å². The predicted molar refractivity (Wildman–Crippen MR) is 127 cm³/mol. The second kappa shape index (κ2) is 10.3. The molecular formula is C28H54. The molecule has 0 saturated heterocycles. The van der Waals surface area contributed by atoms with Crippen LogP contribution in [0.25, 0.3) is 0 Å². The van der Waals surface area contributed by atoms with Gasteiger partial charge in [-0.2, -0.15) is 0 Å². The van der Waals surface area contributed by atoms with E-state index >= 15 is 0 Å². The average Bonchev–Trinajstić information content (AvgIpc) is 3.27. The van der Waals surface area contributed by atoms with Crippen LogP contribution in [0, 0.1) is 46.3 Å². The Balaban J connectivity index is 2.02. The lowest BCUT2D eigenvalue weighted by Gasteiger charge is -2.41. The molecule has 0 amide bonds. The largest absolute Gasteiger partial charge is 0.0651 e. The minimum absolute atomic E-state index is 0.510. The van der Waals surface area contributed by atoms with Crippen molar-refractivity contribution >= 4 is 0 Å². The molecule has 2 saturated carbocycles. The van der Waals surface area contributed by atoms with Crippen LogP contribution in [-0.2, 0) is 0 Å². The van der Waals surface area contributed by atoms with Gasteiger partial charge in [-0.15, -0.1) is 0 Å². The van der Waals surface area contributed by atoms with Crippen LogP contribution in [0.15, 0.2) is 0 Å². The Hall–Kier alpha value is 0. The van der Waals surface area contributed by atoms with Gasteiger partial charge in [0.25, 0.3) is 0 Å². The minimum atomic E-state index is 0.510. The van der Waals surface area contributed by atoms with E-state index < -0.39 is 0 Å². The van der Waals surface area contributed by atoms with E-state index in [1.54, 1.807) is 0 Å². The van der Waals surface area contributed by atoms with Crippen molar-refractivity contribution in [3.05, 3.63) is 0 Å². The summed E-state index contributed by atoms with van der Waals surface area (Å²) in [6.45, 7) is 19.8. The Kier molecular flexibility index (Phi) is 8.97. The third-order valence-corrected chi connectivity index (χ3v) is 9.77. The van der Waals surface area contributed by atoms with E-state index in [-0.39, 0.29) is 0 Å². The van der Waals surface area contributed by atoms with Crippen LogP contribution >= 0.6 is 0 Å². The summed E-state index contributed by atoms with van der Waals surface area (Å²) in [5.41, 5.74) is 1.22. The van der Waals surface area contributed by atoms with Gasteiger partial charge in [0.2, 0.25) is 0 Å². The second-order valence-electron chi connectivity index (χ2n) is 12.2. The fourth-order valence-electron chi connectivity index (χ4n) is 6.41. The first-order chi connectivity index (χ1) is 13.2. The van der Waals surface area contributed by atoms with Gasteiger partial charge in [-0.3, -0.25) is 0 Å². The number of rotatable bonds is 14. The van der Waals surface area contributed by atoms with Gasteiger partial charge in [-0.1, -0.05) is 87.5 Å². The standard InChI is InChI=1S/C28H54/c1-9-24-14-15-25(24)16-17-26(27(7,8)10-2)18-23(13-12-21(4)5)20-28(11-3)19-22(28)6/h21-26H,9-20H2,1-8H3. The maximum atomic E-state index is 2.57. The van der Waals surface area contributed by atoms with Gasteiger partial charge in [0.15, 0.2) is 0 Å². The molecule has 6 unspecified atom stereocenters. The van der Waals surface area contributed by atoms with Gasteiger partial charge in [0.1, 0.15) is 0 Å². The molecule has 0 nitrogen and oxygen atoms in total. The fourth-order valence-corrected chi connectivity index (χ4v) is 6.41. The highest BCUT2D eigenvalue weighted by Gasteiger charge is 2.50. The summed E-state index contributed by atoms with van der Waals surface area (Å²) >= 11 is 0. The zero-order valence-corrected chi connectivity index (χ0v) is 20.9. The summed E-state index contributed by atoms with van der Waals surface area (Å²) in [7, 11) is 0. The molecule has 2 fully saturated rings. The first-order valence-corrected chi connectivity index (χ1v) is 13.2. The summed E-state index contributed by atoms with van der Waals surface area (Å²) in [6, 6.07) is 0. The van der Waals surface area contributed by atoms with E-state index in [1.807, 2.05) is 0 Å². The van der Waals surface area contributed by atoms with Crippen LogP contribution in [0.3, 0.4) is 0 Å². The van der Waals surface area contributed by atoms with Crippen molar-refractivity contribution in [1.82, 2.24) is 0 Å². The van der Waals surface area contributed by atoms with Gasteiger partial charge in [0, 0.05) is 0 Å². The zero-order valence-electron chi connectivity index (χ0n) is 20.9. The lowest BCUT2D eigenvalue weighted by atomic mass is 9.64. The maximum Gasteiger partial charge on any atom is -0.0269 e. The molecule has 0 aromatic heterocycles. The number of hydrogen-bond acceptors (Lipinski definition) is 0. The van der Waals surface area contributed by atoms with Crippen molar-refractivity contribution in [3.63, 3.8) is 0 Å². The van der Waals surface area contributed by atoms with E-state index in [2.05, 4.69) is 55.4 Å². The third kappa shape index (κ3) is 6.25. The molecule has 28 heavy (non-hydrogen) atoms. The third-order valence-electron chi connectivity index (χ3n) is 9.77. The Morgan fingerprint density at radius 3 is 2.04 bits per heavy atom. The molecule has 0 spiro atoms. The molecule has 0 heteroatoms. The normalized spacial score (nSPS) is 32.2. The van der Waals surface area contributed by atoms with Crippen LogP contribution in [-0.4, -0.2) is 0 Å². The van der Waals surface area contributed by atoms with Crippen molar-refractivity contribution in [2.45, 2.75) is 132 Å². The fraction of sp³-hybridized carbons (Fsp3) is 1.00. The Bertz CT molecular complexity index is 441. The molecule has 0 aromatic carbocycles. The first kappa shape index (κ1) is 24.3. The molecule has 166 valence electrons. The summed E-state index contributed by atoms with van der Waals surface area (Å²) < 4.78 is 0. The molecule has 0 aromatic rings. The topological polar surface area (TPSA) is 0 Å². The summed E-state index contributed by atoms with van der Waals surface area (Å²) in [4.78, 5) is 0. The van der Waals surface area contributed by atoms with Crippen molar-refractivity contribution in [2.24, 2.45) is 46.3 Å². The Morgan fingerprint density at radius 1 is 0.964 bits per heavy atom. The summed E-state index contributed by atoms with van der Waals surface area (Å²) in [5, 5.41) is 0. The van der Waals surface area contributed by atoms with E-state index in [0.29, 0.717) is 10.8 Å².